The number of halogens is 3. The molecule has 7 aromatic carbocycles. The summed E-state index contributed by atoms with van der Waals surface area (Å²) in [5.74, 6) is 0. The van der Waals surface area contributed by atoms with Crippen LogP contribution in [0.4, 0.5) is 0 Å². The third-order valence-electron chi connectivity index (χ3n) is 8.12. The minimum atomic E-state index is 1.09. The lowest BCUT2D eigenvalue weighted by molar-refractivity contribution is 1.54. The molecule has 0 fully saturated rings. The van der Waals surface area contributed by atoms with Crippen LogP contribution in [0.2, 0.25) is 0 Å². The summed E-state index contributed by atoms with van der Waals surface area (Å²) in [5.41, 5.74) is 14.4. The Morgan fingerprint density at radius 1 is 0.178 bits per heavy atom. The summed E-state index contributed by atoms with van der Waals surface area (Å²) in [5, 5.41) is 0. The molecule has 0 atom stereocenters. The van der Waals surface area contributed by atoms with Crippen LogP contribution in [0.3, 0.4) is 0 Å². The zero-order chi connectivity index (χ0) is 30.8. The summed E-state index contributed by atoms with van der Waals surface area (Å²) >= 11 is 10.6. The van der Waals surface area contributed by atoms with Gasteiger partial charge < -0.3 is 0 Å². The van der Waals surface area contributed by atoms with E-state index in [1.165, 1.54) is 66.8 Å². The Morgan fingerprint density at radius 2 is 0.311 bits per heavy atom. The summed E-state index contributed by atoms with van der Waals surface area (Å²) in [6, 6.07) is 59.0. The van der Waals surface area contributed by atoms with Crippen LogP contribution in [0.1, 0.15) is 0 Å². The molecule has 45 heavy (non-hydrogen) atoms. The lowest BCUT2D eigenvalue weighted by atomic mass is 9.91. The maximum atomic E-state index is 3.55. The highest BCUT2D eigenvalue weighted by atomic mass is 79.9. The molecule has 3 heteroatoms. The molecule has 0 unspecified atom stereocenters. The molecule has 0 aliphatic rings. The van der Waals surface area contributed by atoms with Gasteiger partial charge in [0.15, 0.2) is 0 Å². The molecule has 0 bridgehead atoms. The van der Waals surface area contributed by atoms with Gasteiger partial charge in [-0.05, 0) is 121 Å². The van der Waals surface area contributed by atoms with Crippen molar-refractivity contribution in [3.63, 3.8) is 0 Å². The van der Waals surface area contributed by atoms with Crippen LogP contribution < -0.4 is 0 Å². The van der Waals surface area contributed by atoms with Gasteiger partial charge in [0, 0.05) is 13.4 Å². The monoisotopic (exact) mass is 768 g/mol. The highest BCUT2D eigenvalue weighted by molar-refractivity contribution is 9.11. The molecule has 7 rings (SSSR count). The van der Waals surface area contributed by atoms with Gasteiger partial charge >= 0.3 is 0 Å². The molecule has 0 aromatic heterocycles. The highest BCUT2D eigenvalue weighted by Crippen LogP contribution is 2.36. The van der Waals surface area contributed by atoms with Gasteiger partial charge in [-0.25, -0.2) is 0 Å². The average Bonchev–Trinajstić information content (AvgIpc) is 3.09. The summed E-state index contributed by atoms with van der Waals surface area (Å²) in [7, 11) is 0. The minimum absolute atomic E-state index is 1.09. The van der Waals surface area contributed by atoms with Crippen LogP contribution in [0.5, 0.6) is 0 Å². The van der Waals surface area contributed by atoms with Crippen molar-refractivity contribution in [2.75, 3.05) is 0 Å². The minimum Gasteiger partial charge on any atom is -0.0538 e. The fourth-order valence-electron chi connectivity index (χ4n) is 5.62. The van der Waals surface area contributed by atoms with E-state index in [2.05, 4.69) is 212 Å². The third kappa shape index (κ3) is 6.82. The predicted octanol–water partition coefficient (Wildman–Crippen LogP) is 14.0. The van der Waals surface area contributed by atoms with Gasteiger partial charge in [-0.2, -0.15) is 0 Å². The number of rotatable bonds is 6. The third-order valence-corrected chi connectivity index (χ3v) is 9.71. The predicted molar refractivity (Wildman–Crippen MR) is 202 cm³/mol. The smallest absolute Gasteiger partial charge is 0.0175 e. The molecule has 0 aliphatic carbocycles. The van der Waals surface area contributed by atoms with Crippen LogP contribution in [0.25, 0.3) is 66.8 Å². The van der Waals surface area contributed by atoms with E-state index < -0.39 is 0 Å². The Bertz CT molecular complexity index is 1800. The topological polar surface area (TPSA) is 0 Å². The maximum Gasteiger partial charge on any atom is 0.0175 e. The summed E-state index contributed by atoms with van der Waals surface area (Å²) in [4.78, 5) is 0. The lowest BCUT2D eigenvalue weighted by Gasteiger charge is -2.13. The number of hydrogen-bond donors (Lipinski definition) is 0. The Labute approximate surface area is 289 Å². The van der Waals surface area contributed by atoms with E-state index in [9.17, 15) is 0 Å². The van der Waals surface area contributed by atoms with Crippen molar-refractivity contribution in [2.24, 2.45) is 0 Å². The van der Waals surface area contributed by atoms with E-state index in [4.69, 9.17) is 0 Å². The number of benzene rings is 7. The van der Waals surface area contributed by atoms with Crippen molar-refractivity contribution in [3.05, 3.63) is 177 Å². The maximum absolute atomic E-state index is 3.55. The van der Waals surface area contributed by atoms with Crippen molar-refractivity contribution >= 4 is 47.8 Å². The van der Waals surface area contributed by atoms with Crippen LogP contribution >= 0.6 is 47.8 Å². The zero-order valence-corrected chi connectivity index (χ0v) is 29.0. The normalized spacial score (nSPS) is 11.0. The van der Waals surface area contributed by atoms with Gasteiger partial charge in [-0.15, -0.1) is 0 Å². The van der Waals surface area contributed by atoms with Gasteiger partial charge in [-0.1, -0.05) is 157 Å². The second-order valence-corrected chi connectivity index (χ2v) is 13.8. The van der Waals surface area contributed by atoms with Crippen molar-refractivity contribution in [1.82, 2.24) is 0 Å². The van der Waals surface area contributed by atoms with Crippen LogP contribution in [-0.4, -0.2) is 0 Å². The van der Waals surface area contributed by atoms with Crippen LogP contribution in [0, 0.1) is 0 Å². The van der Waals surface area contributed by atoms with E-state index in [0.29, 0.717) is 0 Å². The van der Waals surface area contributed by atoms with Crippen molar-refractivity contribution in [3.8, 4) is 66.8 Å². The molecule has 0 radical (unpaired) electrons. The summed E-state index contributed by atoms with van der Waals surface area (Å²) in [6.07, 6.45) is 0. The molecule has 7 aromatic rings. The Hall–Kier alpha value is -4.02. The fourth-order valence-corrected chi connectivity index (χ4v) is 6.41. The van der Waals surface area contributed by atoms with Gasteiger partial charge in [0.25, 0.3) is 0 Å². The molecule has 0 aliphatic heterocycles. The van der Waals surface area contributed by atoms with Gasteiger partial charge in [-0.3, -0.25) is 0 Å². The van der Waals surface area contributed by atoms with Crippen LogP contribution in [0.15, 0.2) is 177 Å². The van der Waals surface area contributed by atoms with Crippen molar-refractivity contribution in [2.45, 2.75) is 0 Å². The Kier molecular flexibility index (Phi) is 8.67. The lowest BCUT2D eigenvalue weighted by Crippen LogP contribution is -1.87. The first-order valence-corrected chi connectivity index (χ1v) is 17.1. The Morgan fingerprint density at radius 3 is 0.489 bits per heavy atom. The van der Waals surface area contributed by atoms with Gasteiger partial charge in [0.1, 0.15) is 0 Å². The Balaban J connectivity index is 1.27. The van der Waals surface area contributed by atoms with E-state index in [-0.39, 0.29) is 0 Å². The number of hydrogen-bond acceptors (Lipinski definition) is 0. The molecule has 0 heterocycles. The summed E-state index contributed by atoms with van der Waals surface area (Å²) < 4.78 is 3.26. The fraction of sp³-hybridized carbons (Fsp3) is 0. The molecule has 216 valence electrons. The standard InChI is InChI=1S/C42H27Br3/c43-40-19-13-31(14-20-40)28-1-7-34(8-2-28)37-25-38(35-9-3-29(4-10-35)32-15-21-41(44)22-16-32)27-39(26-37)36-11-5-30(6-12-36)33-17-23-42(45)24-18-33/h1-27H. The van der Waals surface area contributed by atoms with E-state index in [0.717, 1.165) is 13.4 Å². The molecule has 0 nitrogen and oxygen atoms in total. The molecule has 0 saturated heterocycles. The van der Waals surface area contributed by atoms with E-state index >= 15 is 0 Å². The first-order chi connectivity index (χ1) is 22.0. The SMILES string of the molecule is Brc1ccc(-c2ccc(-c3cc(-c4ccc(-c5ccc(Br)cc5)cc4)cc(-c4ccc(-c5ccc(Br)cc5)cc4)c3)cc2)cc1. The summed E-state index contributed by atoms with van der Waals surface area (Å²) in [6.45, 7) is 0. The first kappa shape index (κ1) is 29.7. The second kappa shape index (κ2) is 13.1. The van der Waals surface area contributed by atoms with Crippen molar-refractivity contribution < 1.29 is 0 Å². The largest absolute Gasteiger partial charge is 0.0538 e. The van der Waals surface area contributed by atoms with Crippen LogP contribution in [-0.2, 0) is 0 Å². The van der Waals surface area contributed by atoms with Gasteiger partial charge in [0.05, 0.1) is 0 Å². The molecule has 0 saturated carbocycles. The second-order valence-electron chi connectivity index (χ2n) is 11.1. The highest BCUT2D eigenvalue weighted by Gasteiger charge is 2.10. The quantitative estimate of drug-likeness (QED) is 0.158. The zero-order valence-electron chi connectivity index (χ0n) is 24.2. The molecular weight excluding hydrogens is 744 g/mol. The van der Waals surface area contributed by atoms with E-state index in [1.807, 2.05) is 0 Å². The van der Waals surface area contributed by atoms with Gasteiger partial charge in [0.2, 0.25) is 0 Å². The molecule has 0 spiro atoms. The molecule has 0 amide bonds. The van der Waals surface area contributed by atoms with Crippen molar-refractivity contribution in [1.29, 1.82) is 0 Å². The molecular formula is C42H27Br3. The first-order valence-electron chi connectivity index (χ1n) is 14.7. The molecule has 0 N–H and O–H groups in total. The average molecular weight is 771 g/mol. The van der Waals surface area contributed by atoms with E-state index in [1.54, 1.807) is 0 Å².